The quantitative estimate of drug-likeness (QED) is 0.564. The van der Waals surface area contributed by atoms with E-state index >= 15 is 0 Å². The van der Waals surface area contributed by atoms with Crippen LogP contribution in [0.25, 0.3) is 28.5 Å². The van der Waals surface area contributed by atoms with Crippen molar-refractivity contribution in [3.8, 4) is 11.4 Å². The van der Waals surface area contributed by atoms with Gasteiger partial charge in [-0.2, -0.15) is 9.61 Å². The van der Waals surface area contributed by atoms with E-state index in [9.17, 15) is 0 Å². The molecule has 0 spiro atoms. The summed E-state index contributed by atoms with van der Waals surface area (Å²) in [5.74, 6) is 0.703. The van der Waals surface area contributed by atoms with Gasteiger partial charge < -0.3 is 0 Å². The van der Waals surface area contributed by atoms with E-state index in [-0.39, 0.29) is 0 Å². The van der Waals surface area contributed by atoms with Crippen molar-refractivity contribution < 1.29 is 0 Å². The SMILES string of the molecule is Clc1ccc(-c2nnc3sc(/C=C/c4cccnc4)nn23)cc1. The molecule has 4 rings (SSSR count). The van der Waals surface area contributed by atoms with E-state index < -0.39 is 0 Å². The van der Waals surface area contributed by atoms with E-state index in [4.69, 9.17) is 11.6 Å². The first-order chi connectivity index (χ1) is 11.3. The van der Waals surface area contributed by atoms with Crippen LogP contribution in [-0.4, -0.2) is 24.8 Å². The summed E-state index contributed by atoms with van der Waals surface area (Å²) in [7, 11) is 0. The van der Waals surface area contributed by atoms with Gasteiger partial charge >= 0.3 is 0 Å². The Labute approximate surface area is 140 Å². The average molecular weight is 340 g/mol. The third kappa shape index (κ3) is 2.86. The summed E-state index contributed by atoms with van der Waals surface area (Å²) in [6, 6.07) is 11.4. The Kier molecular flexibility index (Phi) is 3.61. The van der Waals surface area contributed by atoms with Crippen LogP contribution in [0.1, 0.15) is 10.6 Å². The molecule has 112 valence electrons. The second-order valence-electron chi connectivity index (χ2n) is 4.78. The first-order valence-corrected chi connectivity index (χ1v) is 8.05. The monoisotopic (exact) mass is 339 g/mol. The van der Waals surface area contributed by atoms with E-state index in [2.05, 4.69) is 20.3 Å². The van der Waals surface area contributed by atoms with E-state index in [1.807, 2.05) is 48.6 Å². The van der Waals surface area contributed by atoms with E-state index in [0.29, 0.717) is 10.8 Å². The molecule has 0 aliphatic carbocycles. The van der Waals surface area contributed by atoms with Crippen molar-refractivity contribution in [1.82, 2.24) is 24.8 Å². The molecule has 0 aliphatic rings. The van der Waals surface area contributed by atoms with E-state index in [0.717, 1.165) is 21.1 Å². The summed E-state index contributed by atoms with van der Waals surface area (Å²) in [4.78, 5) is 4.83. The molecule has 0 bridgehead atoms. The lowest BCUT2D eigenvalue weighted by molar-refractivity contribution is 0.960. The highest BCUT2D eigenvalue weighted by Crippen LogP contribution is 2.23. The molecule has 23 heavy (non-hydrogen) atoms. The zero-order chi connectivity index (χ0) is 15.6. The van der Waals surface area contributed by atoms with Crippen LogP contribution in [0.15, 0.2) is 48.8 Å². The maximum absolute atomic E-state index is 5.92. The lowest BCUT2D eigenvalue weighted by Gasteiger charge is -1.96. The Balaban J connectivity index is 1.69. The minimum atomic E-state index is 0.688. The van der Waals surface area contributed by atoms with Crippen LogP contribution in [0.3, 0.4) is 0 Å². The normalized spacial score (nSPS) is 11.5. The van der Waals surface area contributed by atoms with Crippen LogP contribution < -0.4 is 0 Å². The lowest BCUT2D eigenvalue weighted by Crippen LogP contribution is -1.90. The van der Waals surface area contributed by atoms with Crippen molar-refractivity contribution in [1.29, 1.82) is 0 Å². The molecule has 3 aromatic heterocycles. The van der Waals surface area contributed by atoms with Gasteiger partial charge in [-0.05, 0) is 42.0 Å². The standard InChI is InChI=1S/C16H10ClN5S/c17-13-6-4-12(5-7-13)15-19-20-16-22(15)21-14(23-16)8-3-11-2-1-9-18-10-11/h1-10H/b8-3+. The predicted octanol–water partition coefficient (Wildman–Crippen LogP) is 4.07. The number of pyridine rings is 1. The number of nitrogens with zero attached hydrogens (tertiary/aromatic N) is 5. The number of rotatable bonds is 3. The zero-order valence-electron chi connectivity index (χ0n) is 11.8. The number of halogens is 1. The van der Waals surface area contributed by atoms with E-state index in [1.54, 1.807) is 16.9 Å². The van der Waals surface area contributed by atoms with Crippen molar-refractivity contribution in [2.75, 3.05) is 0 Å². The number of benzene rings is 1. The molecule has 0 radical (unpaired) electrons. The molecule has 3 heterocycles. The van der Waals surface area contributed by atoms with Gasteiger partial charge in [-0.15, -0.1) is 10.2 Å². The fourth-order valence-corrected chi connectivity index (χ4v) is 2.99. The van der Waals surface area contributed by atoms with Gasteiger partial charge in [-0.25, -0.2) is 0 Å². The fourth-order valence-electron chi connectivity index (χ4n) is 2.12. The molecular formula is C16H10ClN5S. The molecule has 0 amide bonds. The molecule has 4 aromatic rings. The third-order valence-corrected chi connectivity index (χ3v) is 4.33. The van der Waals surface area contributed by atoms with Gasteiger partial charge in [0.05, 0.1) is 0 Å². The van der Waals surface area contributed by atoms with Crippen LogP contribution >= 0.6 is 22.9 Å². The van der Waals surface area contributed by atoms with Gasteiger partial charge in [-0.1, -0.05) is 35.1 Å². The topological polar surface area (TPSA) is 56.0 Å². The Hall–Kier alpha value is -2.57. The Bertz CT molecular complexity index is 973. The van der Waals surface area contributed by atoms with Crippen molar-refractivity contribution in [3.63, 3.8) is 0 Å². The lowest BCUT2D eigenvalue weighted by atomic mass is 10.2. The van der Waals surface area contributed by atoms with Crippen molar-refractivity contribution in [2.24, 2.45) is 0 Å². The van der Waals surface area contributed by atoms with Crippen molar-refractivity contribution in [2.45, 2.75) is 0 Å². The van der Waals surface area contributed by atoms with Crippen molar-refractivity contribution in [3.05, 3.63) is 64.4 Å². The summed E-state index contributed by atoms with van der Waals surface area (Å²) in [6.45, 7) is 0. The summed E-state index contributed by atoms with van der Waals surface area (Å²) in [5, 5.41) is 14.5. The first kappa shape index (κ1) is 14.0. The number of hydrogen-bond acceptors (Lipinski definition) is 5. The fraction of sp³-hybridized carbons (Fsp3) is 0. The molecule has 5 nitrogen and oxygen atoms in total. The smallest absolute Gasteiger partial charge is 0.235 e. The van der Waals surface area contributed by atoms with Crippen LogP contribution in [0.2, 0.25) is 5.02 Å². The Morgan fingerprint density at radius 3 is 2.70 bits per heavy atom. The number of aromatic nitrogens is 5. The first-order valence-electron chi connectivity index (χ1n) is 6.86. The molecule has 0 saturated heterocycles. The highest BCUT2D eigenvalue weighted by atomic mass is 35.5. The third-order valence-electron chi connectivity index (χ3n) is 3.21. The molecule has 1 aromatic carbocycles. The largest absolute Gasteiger partial charge is 0.264 e. The predicted molar refractivity (Wildman–Crippen MR) is 92.3 cm³/mol. The van der Waals surface area contributed by atoms with E-state index in [1.165, 1.54) is 11.3 Å². The maximum atomic E-state index is 5.92. The molecule has 0 fully saturated rings. The summed E-state index contributed by atoms with van der Waals surface area (Å²) in [5.41, 5.74) is 1.95. The van der Waals surface area contributed by atoms with Gasteiger partial charge in [-0.3, -0.25) is 4.98 Å². The number of fused-ring (bicyclic) bond motifs is 1. The molecule has 0 N–H and O–H groups in total. The summed E-state index contributed by atoms with van der Waals surface area (Å²) in [6.07, 6.45) is 7.47. The van der Waals surface area contributed by atoms with Crippen LogP contribution in [-0.2, 0) is 0 Å². The second-order valence-corrected chi connectivity index (χ2v) is 6.21. The van der Waals surface area contributed by atoms with Crippen LogP contribution in [0.5, 0.6) is 0 Å². The average Bonchev–Trinajstić information content (AvgIpc) is 3.15. The Morgan fingerprint density at radius 1 is 1.04 bits per heavy atom. The Morgan fingerprint density at radius 2 is 1.91 bits per heavy atom. The van der Waals surface area contributed by atoms with Crippen molar-refractivity contribution >= 4 is 40.1 Å². The number of hydrogen-bond donors (Lipinski definition) is 0. The molecular weight excluding hydrogens is 330 g/mol. The molecule has 0 aliphatic heterocycles. The van der Waals surface area contributed by atoms with Gasteiger partial charge in [0.15, 0.2) is 5.82 Å². The van der Waals surface area contributed by atoms with Crippen LogP contribution in [0.4, 0.5) is 0 Å². The highest BCUT2D eigenvalue weighted by Gasteiger charge is 2.12. The molecule has 0 unspecified atom stereocenters. The zero-order valence-corrected chi connectivity index (χ0v) is 13.4. The molecule has 0 saturated carbocycles. The summed E-state index contributed by atoms with van der Waals surface area (Å²) < 4.78 is 1.75. The van der Waals surface area contributed by atoms with Gasteiger partial charge in [0.25, 0.3) is 0 Å². The van der Waals surface area contributed by atoms with Gasteiger partial charge in [0.2, 0.25) is 4.96 Å². The summed E-state index contributed by atoms with van der Waals surface area (Å²) >= 11 is 7.40. The molecule has 0 atom stereocenters. The molecule has 7 heteroatoms. The van der Waals surface area contributed by atoms with Gasteiger partial charge in [0.1, 0.15) is 5.01 Å². The highest BCUT2D eigenvalue weighted by molar-refractivity contribution is 7.17. The minimum Gasteiger partial charge on any atom is -0.264 e. The minimum absolute atomic E-state index is 0.688. The van der Waals surface area contributed by atoms with Gasteiger partial charge in [0, 0.05) is 23.0 Å². The second kappa shape index (κ2) is 5.91. The van der Waals surface area contributed by atoms with Crippen LogP contribution in [0, 0.1) is 0 Å². The maximum Gasteiger partial charge on any atom is 0.235 e.